The maximum atomic E-state index is 13.2. The Kier molecular flexibility index (Phi) is 10.8. The molecule has 0 spiro atoms. The van der Waals surface area contributed by atoms with Crippen molar-refractivity contribution in [3.05, 3.63) is 125 Å². The van der Waals surface area contributed by atoms with Crippen molar-refractivity contribution in [2.75, 3.05) is 11.9 Å². The first-order valence-electron chi connectivity index (χ1n) is 14.7. The number of ether oxygens (including phenoxy) is 2. The summed E-state index contributed by atoms with van der Waals surface area (Å²) < 4.78 is 49.8. The molecule has 0 saturated heterocycles. The number of anilines is 1. The Balaban J connectivity index is 1.44. The molecule has 11 heteroatoms. The van der Waals surface area contributed by atoms with Crippen LogP contribution in [0.15, 0.2) is 103 Å². The first-order chi connectivity index (χ1) is 22.4. The lowest BCUT2D eigenvalue weighted by Crippen LogP contribution is -2.47. The minimum absolute atomic E-state index is 0.107. The summed E-state index contributed by atoms with van der Waals surface area (Å²) in [6.45, 7) is 3.04. The van der Waals surface area contributed by atoms with Crippen LogP contribution in [0.25, 0.3) is 11.1 Å². The highest BCUT2D eigenvalue weighted by Crippen LogP contribution is 2.33. The molecular formula is C36H32F3NO7. The number of nitrogens with one attached hydrogen (secondary N) is 1. The molecule has 2 N–H and O–H groups in total. The number of carboxylic acid groups (broad SMARTS) is 1. The van der Waals surface area contributed by atoms with Crippen LogP contribution in [0.3, 0.4) is 0 Å². The van der Waals surface area contributed by atoms with Crippen LogP contribution in [0.1, 0.15) is 58.5 Å². The zero-order valence-electron chi connectivity index (χ0n) is 25.5. The lowest BCUT2D eigenvalue weighted by molar-refractivity contribution is -0.166. The summed E-state index contributed by atoms with van der Waals surface area (Å²) in [5, 5.41) is 12.9. The van der Waals surface area contributed by atoms with Gasteiger partial charge in [0.05, 0.1) is 23.8 Å². The van der Waals surface area contributed by atoms with Gasteiger partial charge in [0, 0.05) is 17.7 Å². The number of aliphatic carboxylic acids is 1. The van der Waals surface area contributed by atoms with E-state index in [4.69, 9.17) is 9.47 Å². The summed E-state index contributed by atoms with van der Waals surface area (Å²) >= 11 is 0. The second kappa shape index (κ2) is 14.8. The van der Waals surface area contributed by atoms with Gasteiger partial charge in [-0.15, -0.1) is 0 Å². The molecule has 0 bridgehead atoms. The Labute approximate surface area is 269 Å². The van der Waals surface area contributed by atoms with Crippen molar-refractivity contribution >= 4 is 29.5 Å². The van der Waals surface area contributed by atoms with E-state index in [0.29, 0.717) is 23.2 Å². The van der Waals surface area contributed by atoms with Gasteiger partial charge in [-0.3, -0.25) is 14.4 Å². The fourth-order valence-electron chi connectivity index (χ4n) is 4.81. The van der Waals surface area contributed by atoms with Crippen molar-refractivity contribution in [1.29, 1.82) is 0 Å². The van der Waals surface area contributed by atoms with E-state index in [-0.39, 0.29) is 23.1 Å². The number of benzene rings is 4. The Morgan fingerprint density at radius 2 is 1.43 bits per heavy atom. The van der Waals surface area contributed by atoms with Crippen LogP contribution in [0, 0.1) is 0 Å². The lowest BCUT2D eigenvalue weighted by atomic mass is 9.77. The number of carbonyl (C=O) groups excluding carboxylic acids is 3. The Bertz CT molecular complexity index is 1720. The third kappa shape index (κ3) is 8.04. The van der Waals surface area contributed by atoms with E-state index in [1.807, 2.05) is 0 Å². The maximum Gasteiger partial charge on any atom is 0.416 e. The molecule has 4 rings (SSSR count). The molecule has 0 aliphatic carbocycles. The van der Waals surface area contributed by atoms with Crippen LogP contribution in [-0.2, 0) is 30.7 Å². The number of rotatable bonds is 12. The lowest BCUT2D eigenvalue weighted by Gasteiger charge is -2.29. The van der Waals surface area contributed by atoms with Crippen molar-refractivity contribution < 1.29 is 46.9 Å². The van der Waals surface area contributed by atoms with Crippen LogP contribution in [0.5, 0.6) is 0 Å². The molecule has 4 aromatic rings. The SMILES string of the molecule is CCC(C)OC(=O)C(CCOC(=O)c1ccc(NC(=O)c2ccccc2-c2ccc(C(F)(F)F)cc2)cc1)(C(=O)O)c1ccccc1. The van der Waals surface area contributed by atoms with Crippen LogP contribution < -0.4 is 5.32 Å². The van der Waals surface area contributed by atoms with E-state index in [1.54, 1.807) is 56.3 Å². The minimum atomic E-state index is -4.49. The van der Waals surface area contributed by atoms with Crippen LogP contribution in [-0.4, -0.2) is 41.6 Å². The Morgan fingerprint density at radius 1 is 0.809 bits per heavy atom. The van der Waals surface area contributed by atoms with Crippen molar-refractivity contribution in [2.24, 2.45) is 0 Å². The van der Waals surface area contributed by atoms with Gasteiger partial charge in [-0.25, -0.2) is 4.79 Å². The number of alkyl halides is 3. The maximum absolute atomic E-state index is 13.2. The van der Waals surface area contributed by atoms with Gasteiger partial charge in [0.15, 0.2) is 5.41 Å². The molecule has 0 heterocycles. The normalized spacial score (nSPS) is 13.1. The largest absolute Gasteiger partial charge is 0.480 e. The van der Waals surface area contributed by atoms with Crippen LogP contribution >= 0.6 is 0 Å². The van der Waals surface area contributed by atoms with Crippen molar-refractivity contribution in [3.8, 4) is 11.1 Å². The van der Waals surface area contributed by atoms with Crippen LogP contribution in [0.4, 0.5) is 18.9 Å². The predicted molar refractivity (Wildman–Crippen MR) is 168 cm³/mol. The molecule has 47 heavy (non-hydrogen) atoms. The van der Waals surface area contributed by atoms with Crippen molar-refractivity contribution in [1.82, 2.24) is 0 Å². The van der Waals surface area contributed by atoms with Gasteiger partial charge in [0.2, 0.25) is 0 Å². The van der Waals surface area contributed by atoms with Gasteiger partial charge in [-0.2, -0.15) is 13.2 Å². The summed E-state index contributed by atoms with van der Waals surface area (Å²) in [6, 6.07) is 24.6. The number of amides is 1. The third-order valence-electron chi connectivity index (χ3n) is 7.65. The molecular weight excluding hydrogens is 615 g/mol. The molecule has 0 saturated carbocycles. The number of esters is 2. The van der Waals surface area contributed by atoms with Crippen molar-refractivity contribution in [3.63, 3.8) is 0 Å². The fraction of sp³-hybridized carbons (Fsp3) is 0.222. The van der Waals surface area contributed by atoms with Gasteiger partial charge in [0.1, 0.15) is 0 Å². The number of hydrogen-bond donors (Lipinski definition) is 2. The highest BCUT2D eigenvalue weighted by Gasteiger charge is 2.50. The topological polar surface area (TPSA) is 119 Å². The number of carboxylic acids is 1. The standard InChI is InChI=1S/C36H32F3NO7/c1-3-23(2)47-34(45)35(33(43)44,26-9-5-4-6-10-26)21-22-46-32(42)25-15-19-28(20-16-25)40-31(41)30-12-8-7-11-29(30)24-13-17-27(18-14-24)36(37,38)39/h4-20,23H,3,21-22H2,1-2H3,(H,40,41)(H,43,44). The number of halogens is 3. The van der Waals surface area contributed by atoms with E-state index < -0.39 is 53.7 Å². The van der Waals surface area contributed by atoms with Crippen LogP contribution in [0.2, 0.25) is 0 Å². The summed E-state index contributed by atoms with van der Waals surface area (Å²) in [6.07, 6.45) is -4.90. The summed E-state index contributed by atoms with van der Waals surface area (Å²) in [5.74, 6) is -3.70. The first-order valence-corrected chi connectivity index (χ1v) is 14.7. The highest BCUT2D eigenvalue weighted by molar-refractivity contribution is 6.09. The molecule has 0 aliphatic rings. The molecule has 1 amide bonds. The molecule has 0 radical (unpaired) electrons. The average Bonchev–Trinajstić information content (AvgIpc) is 3.06. The molecule has 8 nitrogen and oxygen atoms in total. The number of hydrogen-bond acceptors (Lipinski definition) is 6. The first kappa shape index (κ1) is 34.4. The van der Waals surface area contributed by atoms with Gasteiger partial charge in [0.25, 0.3) is 5.91 Å². The Morgan fingerprint density at radius 3 is 2.02 bits per heavy atom. The zero-order valence-corrected chi connectivity index (χ0v) is 25.5. The second-order valence-corrected chi connectivity index (χ2v) is 10.7. The van der Waals surface area contributed by atoms with E-state index in [1.165, 1.54) is 48.5 Å². The van der Waals surface area contributed by atoms with E-state index >= 15 is 0 Å². The number of carbonyl (C=O) groups is 4. The van der Waals surface area contributed by atoms with Gasteiger partial charge in [-0.05, 0) is 72.5 Å². The van der Waals surface area contributed by atoms with Gasteiger partial charge < -0.3 is 19.9 Å². The summed E-state index contributed by atoms with van der Waals surface area (Å²) in [7, 11) is 0. The molecule has 2 atom stereocenters. The smallest absolute Gasteiger partial charge is 0.416 e. The molecule has 244 valence electrons. The van der Waals surface area contributed by atoms with E-state index in [2.05, 4.69) is 5.32 Å². The second-order valence-electron chi connectivity index (χ2n) is 10.7. The quantitative estimate of drug-likeness (QED) is 0.121. The van der Waals surface area contributed by atoms with Gasteiger partial charge in [-0.1, -0.05) is 67.6 Å². The van der Waals surface area contributed by atoms with Crippen molar-refractivity contribution in [2.45, 2.75) is 44.4 Å². The summed E-state index contributed by atoms with van der Waals surface area (Å²) in [4.78, 5) is 51.7. The van der Waals surface area contributed by atoms with Gasteiger partial charge >= 0.3 is 24.1 Å². The molecule has 4 aromatic carbocycles. The fourth-order valence-corrected chi connectivity index (χ4v) is 4.81. The monoisotopic (exact) mass is 647 g/mol. The Hall–Kier alpha value is -5.45. The molecule has 0 fully saturated rings. The highest BCUT2D eigenvalue weighted by atomic mass is 19.4. The minimum Gasteiger partial charge on any atom is -0.480 e. The summed E-state index contributed by atoms with van der Waals surface area (Å²) in [5.41, 5.74) is -1.20. The predicted octanol–water partition coefficient (Wildman–Crippen LogP) is 7.54. The average molecular weight is 648 g/mol. The molecule has 0 aromatic heterocycles. The van der Waals surface area contributed by atoms with E-state index in [9.17, 15) is 37.5 Å². The van der Waals surface area contributed by atoms with E-state index in [0.717, 1.165) is 12.1 Å². The molecule has 2 unspecified atom stereocenters. The third-order valence-corrected chi connectivity index (χ3v) is 7.65. The molecule has 0 aliphatic heterocycles. The zero-order chi connectivity index (χ0) is 34.2.